The van der Waals surface area contributed by atoms with Crippen molar-refractivity contribution in [3.05, 3.63) is 24.1 Å². The average Bonchev–Trinajstić information content (AvgIpc) is 2.30. The molecule has 0 saturated heterocycles. The van der Waals surface area contributed by atoms with Crippen molar-refractivity contribution >= 4 is 21.7 Å². The number of nitrogens with zero attached hydrogens (tertiary/aromatic N) is 2. The highest BCUT2D eigenvalue weighted by Crippen LogP contribution is 2.29. The molecule has 88 valence electrons. The molecule has 1 saturated carbocycles. The van der Waals surface area contributed by atoms with Crippen LogP contribution in [0.15, 0.2) is 18.3 Å². The van der Waals surface area contributed by atoms with Crippen molar-refractivity contribution in [1.82, 2.24) is 4.98 Å². The molecule has 1 fully saturated rings. The van der Waals surface area contributed by atoms with Crippen LogP contribution >= 0.6 is 15.9 Å². The van der Waals surface area contributed by atoms with Crippen LogP contribution in [0.25, 0.3) is 0 Å². The SMILES string of the molecule is CN(c1ccc(F)cn1)C1CCCCC1Br. The van der Waals surface area contributed by atoms with Gasteiger partial charge in [-0.2, -0.15) is 0 Å². The lowest BCUT2D eigenvalue weighted by atomic mass is 9.94. The topological polar surface area (TPSA) is 16.1 Å². The fraction of sp³-hybridized carbons (Fsp3) is 0.583. The molecule has 2 unspecified atom stereocenters. The van der Waals surface area contributed by atoms with Crippen molar-refractivity contribution in [2.24, 2.45) is 0 Å². The molecule has 1 aliphatic carbocycles. The number of pyridine rings is 1. The predicted molar refractivity (Wildman–Crippen MR) is 67.6 cm³/mol. The Balaban J connectivity index is 2.11. The van der Waals surface area contributed by atoms with E-state index >= 15 is 0 Å². The van der Waals surface area contributed by atoms with Crippen molar-refractivity contribution in [1.29, 1.82) is 0 Å². The predicted octanol–water partition coefficient (Wildman–Crippen LogP) is 3.36. The van der Waals surface area contributed by atoms with Gasteiger partial charge in [-0.25, -0.2) is 9.37 Å². The van der Waals surface area contributed by atoms with Gasteiger partial charge in [0.1, 0.15) is 11.6 Å². The maximum Gasteiger partial charge on any atom is 0.141 e. The fourth-order valence-electron chi connectivity index (χ4n) is 2.25. The Labute approximate surface area is 104 Å². The summed E-state index contributed by atoms with van der Waals surface area (Å²) in [6, 6.07) is 3.67. The van der Waals surface area contributed by atoms with Gasteiger partial charge >= 0.3 is 0 Å². The van der Waals surface area contributed by atoms with E-state index in [-0.39, 0.29) is 5.82 Å². The second-order valence-corrected chi connectivity index (χ2v) is 5.49. The van der Waals surface area contributed by atoms with Crippen LogP contribution in [0.2, 0.25) is 0 Å². The average molecular weight is 287 g/mol. The van der Waals surface area contributed by atoms with Crippen molar-refractivity contribution < 1.29 is 4.39 Å². The smallest absolute Gasteiger partial charge is 0.141 e. The zero-order chi connectivity index (χ0) is 11.5. The summed E-state index contributed by atoms with van der Waals surface area (Å²) in [5.74, 6) is 0.564. The zero-order valence-corrected chi connectivity index (χ0v) is 11.0. The number of aromatic nitrogens is 1. The third-order valence-electron chi connectivity index (χ3n) is 3.22. The summed E-state index contributed by atoms with van der Waals surface area (Å²) in [6.45, 7) is 0. The Morgan fingerprint density at radius 1 is 1.38 bits per heavy atom. The molecule has 16 heavy (non-hydrogen) atoms. The van der Waals surface area contributed by atoms with Crippen LogP contribution in [0.5, 0.6) is 0 Å². The number of alkyl halides is 1. The fourth-order valence-corrected chi connectivity index (χ4v) is 3.19. The van der Waals surface area contributed by atoms with Gasteiger partial charge in [0.2, 0.25) is 0 Å². The molecular weight excluding hydrogens is 271 g/mol. The molecule has 1 aromatic heterocycles. The van der Waals surface area contributed by atoms with Crippen molar-refractivity contribution in [2.75, 3.05) is 11.9 Å². The lowest BCUT2D eigenvalue weighted by Gasteiger charge is -2.35. The van der Waals surface area contributed by atoms with Gasteiger partial charge < -0.3 is 4.90 Å². The standard InChI is InChI=1S/C12H16BrFN2/c1-16(11-5-3-2-4-10(11)13)12-7-6-9(14)8-15-12/h6-8,10-11H,2-5H2,1H3. The van der Waals surface area contributed by atoms with Gasteiger partial charge in [0.25, 0.3) is 0 Å². The van der Waals surface area contributed by atoms with Gasteiger partial charge in [0, 0.05) is 17.9 Å². The second kappa shape index (κ2) is 5.13. The molecule has 0 N–H and O–H groups in total. The first kappa shape index (κ1) is 11.8. The number of hydrogen-bond donors (Lipinski definition) is 0. The molecule has 2 rings (SSSR count). The number of hydrogen-bond acceptors (Lipinski definition) is 2. The van der Waals surface area contributed by atoms with Crippen molar-refractivity contribution in [3.63, 3.8) is 0 Å². The quantitative estimate of drug-likeness (QED) is 0.775. The molecule has 1 aromatic rings. The summed E-state index contributed by atoms with van der Waals surface area (Å²) in [6.07, 6.45) is 6.20. The van der Waals surface area contributed by atoms with E-state index in [0.717, 1.165) is 5.82 Å². The summed E-state index contributed by atoms with van der Waals surface area (Å²) >= 11 is 3.72. The lowest BCUT2D eigenvalue weighted by Crippen LogP contribution is -2.41. The minimum atomic E-state index is -0.281. The zero-order valence-electron chi connectivity index (χ0n) is 9.37. The van der Waals surface area contributed by atoms with E-state index < -0.39 is 0 Å². The highest BCUT2D eigenvalue weighted by atomic mass is 79.9. The van der Waals surface area contributed by atoms with E-state index in [0.29, 0.717) is 10.9 Å². The molecule has 0 bridgehead atoms. The monoisotopic (exact) mass is 286 g/mol. The third-order valence-corrected chi connectivity index (χ3v) is 4.29. The number of halogens is 2. The van der Waals surface area contributed by atoms with Crippen LogP contribution < -0.4 is 4.90 Å². The minimum absolute atomic E-state index is 0.281. The molecule has 0 aliphatic heterocycles. The van der Waals surface area contributed by atoms with Crippen molar-refractivity contribution in [2.45, 2.75) is 36.6 Å². The highest BCUT2D eigenvalue weighted by Gasteiger charge is 2.26. The van der Waals surface area contributed by atoms with E-state index in [1.165, 1.54) is 37.9 Å². The maximum absolute atomic E-state index is 12.8. The second-order valence-electron chi connectivity index (χ2n) is 4.31. The van der Waals surface area contributed by atoms with Crippen LogP contribution in [0, 0.1) is 5.82 Å². The molecule has 4 heteroatoms. The summed E-state index contributed by atoms with van der Waals surface area (Å²) in [5.41, 5.74) is 0. The van der Waals surface area contributed by atoms with E-state index in [4.69, 9.17) is 0 Å². The minimum Gasteiger partial charge on any atom is -0.356 e. The lowest BCUT2D eigenvalue weighted by molar-refractivity contribution is 0.442. The Hall–Kier alpha value is -0.640. The van der Waals surface area contributed by atoms with Gasteiger partial charge in [-0.1, -0.05) is 28.8 Å². The van der Waals surface area contributed by atoms with Gasteiger partial charge in [-0.15, -0.1) is 0 Å². The van der Waals surface area contributed by atoms with E-state index in [9.17, 15) is 4.39 Å². The summed E-state index contributed by atoms with van der Waals surface area (Å²) < 4.78 is 12.8. The van der Waals surface area contributed by atoms with Gasteiger partial charge in [0.15, 0.2) is 0 Å². The number of anilines is 1. The molecule has 0 amide bonds. The molecule has 0 aromatic carbocycles. The molecule has 0 radical (unpaired) electrons. The Morgan fingerprint density at radius 2 is 2.12 bits per heavy atom. The third kappa shape index (κ3) is 2.54. The first-order valence-electron chi connectivity index (χ1n) is 5.67. The summed E-state index contributed by atoms with van der Waals surface area (Å²) in [7, 11) is 2.03. The number of rotatable bonds is 2. The van der Waals surface area contributed by atoms with Gasteiger partial charge in [-0.3, -0.25) is 0 Å². The molecule has 0 spiro atoms. The van der Waals surface area contributed by atoms with E-state index in [1.807, 2.05) is 7.05 Å². The first-order chi connectivity index (χ1) is 7.68. The molecule has 1 heterocycles. The van der Waals surface area contributed by atoms with Gasteiger partial charge in [-0.05, 0) is 25.0 Å². The summed E-state index contributed by atoms with van der Waals surface area (Å²) in [4.78, 5) is 6.78. The molecule has 1 aliphatic rings. The largest absolute Gasteiger partial charge is 0.356 e. The van der Waals surface area contributed by atoms with E-state index in [1.54, 1.807) is 6.07 Å². The van der Waals surface area contributed by atoms with Gasteiger partial charge in [0.05, 0.1) is 6.20 Å². The van der Waals surface area contributed by atoms with Crippen LogP contribution in [-0.2, 0) is 0 Å². The van der Waals surface area contributed by atoms with Crippen LogP contribution in [0.3, 0.4) is 0 Å². The highest BCUT2D eigenvalue weighted by molar-refractivity contribution is 9.09. The maximum atomic E-state index is 12.8. The first-order valence-corrected chi connectivity index (χ1v) is 6.58. The van der Waals surface area contributed by atoms with Crippen LogP contribution in [0.1, 0.15) is 25.7 Å². The Morgan fingerprint density at radius 3 is 2.75 bits per heavy atom. The van der Waals surface area contributed by atoms with Crippen LogP contribution in [0.4, 0.5) is 10.2 Å². The normalized spacial score (nSPS) is 25.4. The molecule has 2 nitrogen and oxygen atoms in total. The Bertz CT molecular complexity index is 341. The van der Waals surface area contributed by atoms with E-state index in [2.05, 4.69) is 25.8 Å². The summed E-state index contributed by atoms with van der Waals surface area (Å²) in [5, 5.41) is 0. The van der Waals surface area contributed by atoms with Crippen LogP contribution in [-0.4, -0.2) is 22.9 Å². The molecular formula is C12H16BrFN2. The van der Waals surface area contributed by atoms with Crippen molar-refractivity contribution in [3.8, 4) is 0 Å². The Kier molecular flexibility index (Phi) is 3.79. The molecule has 2 atom stereocenters.